The molecule has 1 aliphatic heterocycles. The molecule has 0 aliphatic carbocycles. The number of carbonyl (C=O) groups is 1. The van der Waals surface area contributed by atoms with Gasteiger partial charge in [0.25, 0.3) is 0 Å². The van der Waals surface area contributed by atoms with Gasteiger partial charge in [-0.3, -0.25) is 4.90 Å². The number of halogens is 1. The number of ether oxygens (including phenoxy) is 2. The van der Waals surface area contributed by atoms with Gasteiger partial charge in [0.2, 0.25) is 0 Å². The molecule has 3 rings (SSSR count). The van der Waals surface area contributed by atoms with E-state index in [4.69, 9.17) is 9.47 Å². The summed E-state index contributed by atoms with van der Waals surface area (Å²) in [6.45, 7) is 11.3. The molecule has 0 saturated carbocycles. The van der Waals surface area contributed by atoms with E-state index in [2.05, 4.69) is 39.9 Å². The van der Waals surface area contributed by atoms with E-state index in [-0.39, 0.29) is 12.1 Å². The van der Waals surface area contributed by atoms with Crippen molar-refractivity contribution < 1.29 is 14.3 Å². The molecule has 0 aromatic heterocycles. The van der Waals surface area contributed by atoms with Gasteiger partial charge in [-0.05, 0) is 45.4 Å². The average Bonchev–Trinajstić information content (AvgIpc) is 2.68. The SMILES string of the molecule is C[C@@H]1CN(Cc2c(Br)cccc2OCc2ccccc2)CCN1C(=O)OC(C)(C)C. The first kappa shape index (κ1) is 22.6. The lowest BCUT2D eigenvalue weighted by molar-refractivity contribution is 0.000434. The number of piperazine rings is 1. The number of hydrogen-bond donors (Lipinski definition) is 0. The molecule has 2 aromatic rings. The molecule has 1 fully saturated rings. The lowest BCUT2D eigenvalue weighted by Crippen LogP contribution is -2.54. The molecule has 0 spiro atoms. The molecule has 0 bridgehead atoms. The van der Waals surface area contributed by atoms with Crippen molar-refractivity contribution in [1.82, 2.24) is 9.80 Å². The Balaban J connectivity index is 1.63. The molecule has 1 aliphatic rings. The first-order valence-electron chi connectivity index (χ1n) is 10.4. The molecular weight excluding hydrogens is 444 g/mol. The van der Waals surface area contributed by atoms with Gasteiger partial charge < -0.3 is 14.4 Å². The van der Waals surface area contributed by atoms with Crippen LogP contribution < -0.4 is 4.74 Å². The Morgan fingerprint density at radius 2 is 1.83 bits per heavy atom. The van der Waals surface area contributed by atoms with Crippen LogP contribution in [0.15, 0.2) is 53.0 Å². The van der Waals surface area contributed by atoms with Crippen LogP contribution >= 0.6 is 15.9 Å². The molecule has 6 heteroatoms. The molecule has 1 atom stereocenters. The van der Waals surface area contributed by atoms with E-state index in [0.29, 0.717) is 13.2 Å². The first-order chi connectivity index (χ1) is 14.2. The van der Waals surface area contributed by atoms with E-state index < -0.39 is 5.60 Å². The van der Waals surface area contributed by atoms with Crippen LogP contribution in [0.25, 0.3) is 0 Å². The van der Waals surface area contributed by atoms with Gasteiger partial charge in [0.05, 0.1) is 0 Å². The van der Waals surface area contributed by atoms with E-state index in [1.807, 2.05) is 62.1 Å². The second-order valence-electron chi connectivity index (χ2n) is 8.75. The van der Waals surface area contributed by atoms with Crippen molar-refractivity contribution in [3.05, 3.63) is 64.1 Å². The fourth-order valence-corrected chi connectivity index (χ4v) is 4.03. The molecule has 1 heterocycles. The minimum atomic E-state index is -0.478. The Kier molecular flexibility index (Phi) is 7.42. The molecule has 5 nitrogen and oxygen atoms in total. The van der Waals surface area contributed by atoms with Gasteiger partial charge in [-0.1, -0.05) is 52.3 Å². The van der Waals surface area contributed by atoms with Gasteiger partial charge >= 0.3 is 6.09 Å². The summed E-state index contributed by atoms with van der Waals surface area (Å²) in [6.07, 6.45) is -0.234. The molecule has 0 radical (unpaired) electrons. The maximum Gasteiger partial charge on any atom is 0.410 e. The third kappa shape index (κ3) is 6.22. The van der Waals surface area contributed by atoms with Crippen molar-refractivity contribution >= 4 is 22.0 Å². The van der Waals surface area contributed by atoms with Gasteiger partial charge in [0, 0.05) is 42.3 Å². The minimum Gasteiger partial charge on any atom is -0.489 e. The number of hydrogen-bond acceptors (Lipinski definition) is 4. The number of benzene rings is 2. The fourth-order valence-electron chi connectivity index (χ4n) is 3.55. The van der Waals surface area contributed by atoms with Crippen LogP contribution in [0.3, 0.4) is 0 Å². The van der Waals surface area contributed by atoms with Crippen molar-refractivity contribution in [2.45, 2.75) is 52.5 Å². The predicted molar refractivity (Wildman–Crippen MR) is 123 cm³/mol. The third-order valence-corrected chi connectivity index (χ3v) is 5.78. The Labute approximate surface area is 188 Å². The van der Waals surface area contributed by atoms with Crippen LogP contribution in [0.4, 0.5) is 4.79 Å². The zero-order valence-electron chi connectivity index (χ0n) is 18.2. The summed E-state index contributed by atoms with van der Waals surface area (Å²) in [5.41, 5.74) is 1.79. The highest BCUT2D eigenvalue weighted by Gasteiger charge is 2.31. The Bertz CT molecular complexity index is 851. The van der Waals surface area contributed by atoms with Crippen molar-refractivity contribution in [3.8, 4) is 5.75 Å². The summed E-state index contributed by atoms with van der Waals surface area (Å²) < 4.78 is 12.7. The smallest absolute Gasteiger partial charge is 0.410 e. The number of amides is 1. The molecule has 0 N–H and O–H groups in total. The van der Waals surface area contributed by atoms with Crippen molar-refractivity contribution in [2.24, 2.45) is 0 Å². The van der Waals surface area contributed by atoms with Crippen molar-refractivity contribution in [1.29, 1.82) is 0 Å². The molecule has 30 heavy (non-hydrogen) atoms. The summed E-state index contributed by atoms with van der Waals surface area (Å²) in [5.74, 6) is 0.885. The Hall–Kier alpha value is -2.05. The highest BCUT2D eigenvalue weighted by molar-refractivity contribution is 9.10. The zero-order chi connectivity index (χ0) is 21.7. The number of nitrogens with zero attached hydrogens (tertiary/aromatic N) is 2. The normalized spacial score (nSPS) is 17.6. The summed E-state index contributed by atoms with van der Waals surface area (Å²) in [4.78, 5) is 16.7. The maximum atomic E-state index is 12.5. The molecule has 1 amide bonds. The van der Waals surface area contributed by atoms with E-state index in [1.54, 1.807) is 0 Å². The van der Waals surface area contributed by atoms with E-state index in [0.717, 1.165) is 41.0 Å². The van der Waals surface area contributed by atoms with E-state index >= 15 is 0 Å². The summed E-state index contributed by atoms with van der Waals surface area (Å²) in [7, 11) is 0. The molecule has 0 unspecified atom stereocenters. The average molecular weight is 475 g/mol. The molecular formula is C24H31BrN2O3. The summed E-state index contributed by atoms with van der Waals surface area (Å²) in [5, 5.41) is 0. The van der Waals surface area contributed by atoms with Gasteiger partial charge in [-0.2, -0.15) is 0 Å². The quantitative estimate of drug-likeness (QED) is 0.575. The van der Waals surface area contributed by atoms with Crippen molar-refractivity contribution in [2.75, 3.05) is 19.6 Å². The van der Waals surface area contributed by atoms with Crippen molar-refractivity contribution in [3.63, 3.8) is 0 Å². The van der Waals surface area contributed by atoms with Crippen LogP contribution in [0, 0.1) is 0 Å². The van der Waals surface area contributed by atoms with Gasteiger partial charge in [-0.25, -0.2) is 4.79 Å². The topological polar surface area (TPSA) is 42.0 Å². The number of carbonyl (C=O) groups excluding carboxylic acids is 1. The summed E-state index contributed by atoms with van der Waals surface area (Å²) >= 11 is 3.69. The van der Waals surface area contributed by atoms with Crippen LogP contribution in [0.1, 0.15) is 38.8 Å². The van der Waals surface area contributed by atoms with Gasteiger partial charge in [0.1, 0.15) is 18.0 Å². The zero-order valence-corrected chi connectivity index (χ0v) is 19.8. The standard InChI is InChI=1S/C24H31BrN2O3/c1-18-15-26(13-14-27(18)23(28)30-24(2,3)4)16-20-21(25)11-8-12-22(20)29-17-19-9-6-5-7-10-19/h5-12,18H,13-17H2,1-4H3/t18-/m1/s1. The largest absolute Gasteiger partial charge is 0.489 e. The molecule has 2 aromatic carbocycles. The molecule has 162 valence electrons. The van der Waals surface area contributed by atoms with E-state index in [9.17, 15) is 4.79 Å². The Morgan fingerprint density at radius 1 is 1.10 bits per heavy atom. The second kappa shape index (κ2) is 9.84. The Morgan fingerprint density at radius 3 is 2.50 bits per heavy atom. The lowest BCUT2D eigenvalue weighted by Gasteiger charge is -2.40. The monoisotopic (exact) mass is 474 g/mol. The first-order valence-corrected chi connectivity index (χ1v) is 11.2. The lowest BCUT2D eigenvalue weighted by atomic mass is 10.1. The third-order valence-electron chi connectivity index (χ3n) is 5.03. The van der Waals surface area contributed by atoms with Crippen LogP contribution in [0.2, 0.25) is 0 Å². The minimum absolute atomic E-state index is 0.0878. The van der Waals surface area contributed by atoms with Crippen LogP contribution in [-0.4, -0.2) is 47.2 Å². The summed E-state index contributed by atoms with van der Waals surface area (Å²) in [6, 6.07) is 16.3. The van der Waals surface area contributed by atoms with E-state index in [1.165, 1.54) is 0 Å². The molecule has 1 saturated heterocycles. The fraction of sp³-hybridized carbons (Fsp3) is 0.458. The highest BCUT2D eigenvalue weighted by atomic mass is 79.9. The van der Waals surface area contributed by atoms with Crippen LogP contribution in [0.5, 0.6) is 5.75 Å². The maximum absolute atomic E-state index is 12.5. The second-order valence-corrected chi connectivity index (χ2v) is 9.60. The highest BCUT2D eigenvalue weighted by Crippen LogP contribution is 2.30. The van der Waals surface area contributed by atoms with Crippen LogP contribution in [-0.2, 0) is 17.9 Å². The van der Waals surface area contributed by atoms with Gasteiger partial charge in [0.15, 0.2) is 0 Å². The predicted octanol–water partition coefficient (Wildman–Crippen LogP) is 5.47. The van der Waals surface area contributed by atoms with Gasteiger partial charge in [-0.15, -0.1) is 0 Å². The number of rotatable bonds is 5.